The van der Waals surface area contributed by atoms with Gasteiger partial charge in [0.25, 0.3) is 0 Å². The second-order valence-corrected chi connectivity index (χ2v) is 9.07. The Hall–Kier alpha value is -4.49. The second kappa shape index (κ2) is 13.5. The summed E-state index contributed by atoms with van der Waals surface area (Å²) in [6.45, 7) is 0.454. The first-order chi connectivity index (χ1) is 19.5. The molecule has 0 N–H and O–H groups in total. The summed E-state index contributed by atoms with van der Waals surface area (Å²) in [5.41, 5.74) is 3.89. The molecule has 7 nitrogen and oxygen atoms in total. The zero-order valence-corrected chi connectivity index (χ0v) is 23.4. The van der Waals surface area contributed by atoms with E-state index in [0.29, 0.717) is 40.7 Å². The molecule has 0 spiro atoms. The molecule has 4 aromatic carbocycles. The van der Waals surface area contributed by atoms with Crippen LogP contribution in [0, 0.1) is 0 Å². The van der Waals surface area contributed by atoms with Crippen LogP contribution in [0.1, 0.15) is 44.6 Å². The van der Waals surface area contributed by atoms with E-state index in [2.05, 4.69) is 0 Å². The molecule has 7 heteroatoms. The molecule has 0 radical (unpaired) electrons. The molecule has 0 aliphatic heterocycles. The quantitative estimate of drug-likeness (QED) is 0.176. The Morgan fingerprint density at radius 1 is 0.650 bits per heavy atom. The molecule has 40 heavy (non-hydrogen) atoms. The molecule has 2 atom stereocenters. The number of methoxy groups -OCH3 is 5. The van der Waals surface area contributed by atoms with E-state index < -0.39 is 12.0 Å². The van der Waals surface area contributed by atoms with Crippen molar-refractivity contribution in [2.75, 3.05) is 35.5 Å². The van der Waals surface area contributed by atoms with Gasteiger partial charge in [-0.15, -0.1) is 0 Å². The van der Waals surface area contributed by atoms with E-state index in [9.17, 15) is 4.79 Å². The van der Waals surface area contributed by atoms with Gasteiger partial charge in [-0.1, -0.05) is 42.5 Å². The van der Waals surface area contributed by atoms with Crippen LogP contribution < -0.4 is 23.7 Å². The molecule has 0 fully saturated rings. The van der Waals surface area contributed by atoms with Gasteiger partial charge in [-0.25, -0.2) is 0 Å². The van der Waals surface area contributed by atoms with Gasteiger partial charge in [-0.3, -0.25) is 4.79 Å². The van der Waals surface area contributed by atoms with Crippen LogP contribution in [0.25, 0.3) is 0 Å². The number of hydrogen-bond donors (Lipinski definition) is 0. The summed E-state index contributed by atoms with van der Waals surface area (Å²) in [4.78, 5) is 12.4. The second-order valence-electron chi connectivity index (χ2n) is 9.07. The monoisotopic (exact) mass is 542 g/mol. The highest BCUT2D eigenvalue weighted by atomic mass is 16.5. The third-order valence-electron chi connectivity index (χ3n) is 6.79. The average molecular weight is 543 g/mol. The predicted molar refractivity (Wildman–Crippen MR) is 153 cm³/mol. The number of carbonyl (C=O) groups is 1. The van der Waals surface area contributed by atoms with Gasteiger partial charge in [0.2, 0.25) is 0 Å². The van der Waals surface area contributed by atoms with Gasteiger partial charge in [0.05, 0.1) is 34.5 Å². The lowest BCUT2D eigenvalue weighted by atomic mass is 9.80. The Bertz CT molecular complexity index is 1380. The van der Waals surface area contributed by atoms with Gasteiger partial charge < -0.3 is 28.4 Å². The first-order valence-corrected chi connectivity index (χ1v) is 12.8. The SMILES string of the molecule is COc1cc(OC)cc([C@H](OC)C(c2ccc(OCc3ccccc3)cc2)c2c(C=O)cc(OC)cc2OC)c1. The number of ether oxygens (including phenoxy) is 6. The third kappa shape index (κ3) is 6.38. The summed E-state index contributed by atoms with van der Waals surface area (Å²) in [7, 11) is 7.96. The fourth-order valence-electron chi connectivity index (χ4n) is 4.80. The van der Waals surface area contributed by atoms with Crippen molar-refractivity contribution in [2.45, 2.75) is 18.6 Å². The molecule has 0 saturated heterocycles. The van der Waals surface area contributed by atoms with Crippen molar-refractivity contribution >= 4 is 6.29 Å². The van der Waals surface area contributed by atoms with E-state index >= 15 is 0 Å². The van der Waals surface area contributed by atoms with E-state index in [0.717, 1.165) is 28.7 Å². The van der Waals surface area contributed by atoms with Crippen molar-refractivity contribution in [3.05, 3.63) is 113 Å². The van der Waals surface area contributed by atoms with E-state index in [1.807, 2.05) is 66.7 Å². The first-order valence-electron chi connectivity index (χ1n) is 12.8. The molecule has 208 valence electrons. The summed E-state index contributed by atoms with van der Waals surface area (Å²) in [6, 6.07) is 26.9. The maximum atomic E-state index is 12.4. The van der Waals surface area contributed by atoms with Crippen LogP contribution in [-0.4, -0.2) is 41.8 Å². The van der Waals surface area contributed by atoms with E-state index in [1.54, 1.807) is 53.7 Å². The normalized spacial score (nSPS) is 12.2. The standard InChI is InChI=1S/C33H34O7/c1-35-27-15-24(16-28(18-27)36-2)33(39-5)32(31-25(20-34)17-29(37-3)19-30(31)38-4)23-11-13-26(14-12-23)40-21-22-9-7-6-8-10-22/h6-20,32-33H,21H2,1-5H3/t32?,33-/m0/s1. The van der Waals surface area contributed by atoms with Crippen LogP contribution in [0.15, 0.2) is 84.9 Å². The Labute approximate surface area is 235 Å². The summed E-state index contributed by atoms with van der Waals surface area (Å²) in [6.07, 6.45) is 0.268. The van der Waals surface area contributed by atoms with Crippen molar-refractivity contribution in [3.8, 4) is 28.7 Å². The molecule has 4 aromatic rings. The van der Waals surface area contributed by atoms with Gasteiger partial charge in [0.15, 0.2) is 6.29 Å². The molecule has 0 aliphatic rings. The van der Waals surface area contributed by atoms with Crippen LogP contribution in [0.5, 0.6) is 28.7 Å². The highest BCUT2D eigenvalue weighted by Gasteiger charge is 2.32. The molecular formula is C33H34O7. The highest BCUT2D eigenvalue weighted by molar-refractivity contribution is 5.81. The first kappa shape index (κ1) is 28.5. The Morgan fingerprint density at radius 2 is 1.27 bits per heavy atom. The van der Waals surface area contributed by atoms with Crippen molar-refractivity contribution in [3.63, 3.8) is 0 Å². The van der Waals surface area contributed by atoms with Gasteiger partial charge in [0.1, 0.15) is 35.4 Å². The summed E-state index contributed by atoms with van der Waals surface area (Å²) in [5, 5.41) is 0. The van der Waals surface area contributed by atoms with Crippen LogP contribution >= 0.6 is 0 Å². The van der Waals surface area contributed by atoms with Gasteiger partial charge in [0, 0.05) is 36.3 Å². The van der Waals surface area contributed by atoms with Crippen LogP contribution in [0.4, 0.5) is 0 Å². The third-order valence-corrected chi connectivity index (χ3v) is 6.79. The summed E-state index contributed by atoms with van der Waals surface area (Å²) >= 11 is 0. The molecule has 1 unspecified atom stereocenters. The minimum absolute atomic E-state index is 0.433. The van der Waals surface area contributed by atoms with Crippen LogP contribution in [-0.2, 0) is 11.3 Å². The fraction of sp³-hybridized carbons (Fsp3) is 0.242. The van der Waals surface area contributed by atoms with Crippen molar-refractivity contribution in [1.29, 1.82) is 0 Å². The highest BCUT2D eigenvalue weighted by Crippen LogP contribution is 2.46. The van der Waals surface area contributed by atoms with Crippen LogP contribution in [0.2, 0.25) is 0 Å². The topological polar surface area (TPSA) is 72.5 Å². The Balaban J connectivity index is 1.84. The predicted octanol–water partition coefficient (Wildman–Crippen LogP) is 6.63. The van der Waals surface area contributed by atoms with Crippen molar-refractivity contribution in [2.24, 2.45) is 0 Å². The Morgan fingerprint density at radius 3 is 1.82 bits per heavy atom. The molecule has 0 aliphatic carbocycles. The molecule has 4 rings (SSSR count). The van der Waals surface area contributed by atoms with Gasteiger partial charge in [-0.05, 0) is 47.0 Å². The number of aldehydes is 1. The lowest BCUT2D eigenvalue weighted by Crippen LogP contribution is -2.18. The average Bonchev–Trinajstić information content (AvgIpc) is 3.02. The molecule has 0 heterocycles. The number of carbonyl (C=O) groups excluding carboxylic acids is 1. The van der Waals surface area contributed by atoms with Gasteiger partial charge in [-0.2, -0.15) is 0 Å². The van der Waals surface area contributed by atoms with Gasteiger partial charge >= 0.3 is 0 Å². The smallest absolute Gasteiger partial charge is 0.150 e. The molecule has 0 aromatic heterocycles. The lowest BCUT2D eigenvalue weighted by molar-refractivity contribution is 0.0875. The lowest BCUT2D eigenvalue weighted by Gasteiger charge is -2.30. The fourth-order valence-corrected chi connectivity index (χ4v) is 4.80. The summed E-state index contributed by atoms with van der Waals surface area (Å²) in [5.74, 6) is 2.54. The minimum atomic E-state index is -0.541. The number of benzene rings is 4. The van der Waals surface area contributed by atoms with Crippen molar-refractivity contribution < 1.29 is 33.2 Å². The zero-order chi connectivity index (χ0) is 28.5. The summed E-state index contributed by atoms with van der Waals surface area (Å²) < 4.78 is 34.5. The van der Waals surface area contributed by atoms with E-state index in [-0.39, 0.29) is 0 Å². The largest absolute Gasteiger partial charge is 0.497 e. The number of rotatable bonds is 13. The van der Waals surface area contributed by atoms with E-state index in [1.165, 1.54) is 0 Å². The maximum absolute atomic E-state index is 12.4. The minimum Gasteiger partial charge on any atom is -0.497 e. The van der Waals surface area contributed by atoms with Crippen LogP contribution in [0.3, 0.4) is 0 Å². The number of hydrogen-bond acceptors (Lipinski definition) is 7. The molecular weight excluding hydrogens is 508 g/mol. The van der Waals surface area contributed by atoms with Crippen molar-refractivity contribution in [1.82, 2.24) is 0 Å². The molecule has 0 saturated carbocycles. The molecule has 0 amide bonds. The maximum Gasteiger partial charge on any atom is 0.150 e. The van der Waals surface area contributed by atoms with E-state index in [4.69, 9.17) is 28.4 Å². The Kier molecular flexibility index (Phi) is 9.65. The molecule has 0 bridgehead atoms. The zero-order valence-electron chi connectivity index (χ0n) is 23.4.